The van der Waals surface area contributed by atoms with Crippen LogP contribution in [-0.4, -0.2) is 32.3 Å². The normalized spacial score (nSPS) is 13.7. The molecule has 0 aliphatic heterocycles. The van der Waals surface area contributed by atoms with Crippen molar-refractivity contribution in [2.45, 2.75) is 26.8 Å². The molecule has 0 spiro atoms. The Labute approximate surface area is 115 Å². The summed E-state index contributed by atoms with van der Waals surface area (Å²) < 4.78 is 10.3. The molecule has 0 heterocycles. The highest BCUT2D eigenvalue weighted by Crippen LogP contribution is 2.18. The summed E-state index contributed by atoms with van der Waals surface area (Å²) in [6.07, 6.45) is 0. The van der Waals surface area contributed by atoms with Crippen LogP contribution in [0.1, 0.15) is 19.4 Å². The van der Waals surface area contributed by atoms with Gasteiger partial charge >= 0.3 is 5.97 Å². The average molecular weight is 265 g/mol. The third kappa shape index (κ3) is 4.56. The van der Waals surface area contributed by atoms with Crippen LogP contribution in [0.15, 0.2) is 24.3 Å². The second-order valence-corrected chi connectivity index (χ2v) is 4.62. The molecule has 1 rings (SSSR count). The van der Waals surface area contributed by atoms with Crippen LogP contribution in [-0.2, 0) is 14.3 Å². The predicted octanol–water partition coefficient (Wildman–Crippen LogP) is 2.62. The number of benzene rings is 1. The molecule has 0 bridgehead atoms. The Hall–Kier alpha value is -1.55. The minimum absolute atomic E-state index is 0.0312. The molecular formula is C15H23NO3. The molecule has 106 valence electrons. The number of nitrogens with one attached hydrogen (secondary N) is 1. The van der Waals surface area contributed by atoms with E-state index in [1.807, 2.05) is 45.0 Å². The Morgan fingerprint density at radius 1 is 1.37 bits per heavy atom. The Balaban J connectivity index is 2.85. The highest BCUT2D eigenvalue weighted by Gasteiger charge is 2.26. The predicted molar refractivity (Wildman–Crippen MR) is 76.3 cm³/mol. The van der Waals surface area contributed by atoms with Crippen LogP contribution in [0.2, 0.25) is 0 Å². The quantitative estimate of drug-likeness (QED) is 0.770. The summed E-state index contributed by atoms with van der Waals surface area (Å²) in [5.74, 6) is -0.209. The summed E-state index contributed by atoms with van der Waals surface area (Å²) >= 11 is 0. The molecule has 1 aromatic rings. The lowest BCUT2D eigenvalue weighted by molar-refractivity contribution is -0.145. The van der Waals surface area contributed by atoms with Crippen molar-refractivity contribution >= 4 is 11.7 Å². The van der Waals surface area contributed by atoms with Gasteiger partial charge in [0.1, 0.15) is 6.04 Å². The molecule has 0 radical (unpaired) electrons. The number of anilines is 1. The maximum absolute atomic E-state index is 12.0. The molecule has 0 aromatic heterocycles. The summed E-state index contributed by atoms with van der Waals surface area (Å²) in [5, 5.41) is 3.26. The monoisotopic (exact) mass is 265 g/mol. The van der Waals surface area contributed by atoms with Crippen molar-refractivity contribution in [1.29, 1.82) is 0 Å². The lowest BCUT2D eigenvalue weighted by atomic mass is 10.0. The fourth-order valence-electron chi connectivity index (χ4n) is 1.93. The largest absolute Gasteiger partial charge is 0.464 e. The molecule has 0 aliphatic rings. The van der Waals surface area contributed by atoms with Crippen LogP contribution in [0.3, 0.4) is 0 Å². The van der Waals surface area contributed by atoms with Gasteiger partial charge in [0.2, 0.25) is 0 Å². The number of ether oxygens (including phenoxy) is 2. The number of para-hydroxylation sites is 1. The second-order valence-electron chi connectivity index (χ2n) is 4.62. The number of methoxy groups -OCH3 is 1. The maximum Gasteiger partial charge on any atom is 0.328 e. The van der Waals surface area contributed by atoms with Crippen molar-refractivity contribution < 1.29 is 14.3 Å². The molecule has 2 unspecified atom stereocenters. The third-order valence-electron chi connectivity index (χ3n) is 3.00. The van der Waals surface area contributed by atoms with Gasteiger partial charge in [-0.15, -0.1) is 0 Å². The van der Waals surface area contributed by atoms with Crippen molar-refractivity contribution in [2.24, 2.45) is 5.92 Å². The molecular weight excluding hydrogens is 242 g/mol. The van der Waals surface area contributed by atoms with Crippen molar-refractivity contribution in [3.63, 3.8) is 0 Å². The van der Waals surface area contributed by atoms with E-state index in [0.717, 1.165) is 11.3 Å². The van der Waals surface area contributed by atoms with E-state index >= 15 is 0 Å². The first kappa shape index (κ1) is 15.5. The minimum atomic E-state index is -0.402. The van der Waals surface area contributed by atoms with Crippen LogP contribution in [0.25, 0.3) is 0 Å². The summed E-state index contributed by atoms with van der Waals surface area (Å²) in [6, 6.07) is 7.48. The first-order valence-electron chi connectivity index (χ1n) is 6.57. The van der Waals surface area contributed by atoms with E-state index in [0.29, 0.717) is 13.2 Å². The summed E-state index contributed by atoms with van der Waals surface area (Å²) in [4.78, 5) is 12.0. The van der Waals surface area contributed by atoms with Crippen LogP contribution in [0.5, 0.6) is 0 Å². The zero-order valence-electron chi connectivity index (χ0n) is 12.1. The molecule has 0 saturated heterocycles. The number of rotatable bonds is 7. The van der Waals surface area contributed by atoms with E-state index in [4.69, 9.17) is 9.47 Å². The van der Waals surface area contributed by atoms with Gasteiger partial charge in [-0.1, -0.05) is 25.1 Å². The first-order valence-corrected chi connectivity index (χ1v) is 6.57. The van der Waals surface area contributed by atoms with Gasteiger partial charge in [-0.2, -0.15) is 0 Å². The van der Waals surface area contributed by atoms with E-state index in [1.165, 1.54) is 0 Å². The summed E-state index contributed by atoms with van der Waals surface area (Å²) in [7, 11) is 1.63. The van der Waals surface area contributed by atoms with Gasteiger partial charge in [0.15, 0.2) is 0 Å². The third-order valence-corrected chi connectivity index (χ3v) is 3.00. The van der Waals surface area contributed by atoms with Crippen molar-refractivity contribution in [1.82, 2.24) is 0 Å². The second kappa shape index (κ2) is 7.79. The van der Waals surface area contributed by atoms with Gasteiger partial charge in [0.25, 0.3) is 0 Å². The number of esters is 1. The zero-order valence-corrected chi connectivity index (χ0v) is 12.1. The Kier molecular flexibility index (Phi) is 6.36. The molecule has 1 N–H and O–H groups in total. The Morgan fingerprint density at radius 2 is 2.05 bits per heavy atom. The number of carbonyl (C=O) groups is 1. The van der Waals surface area contributed by atoms with Gasteiger partial charge in [-0.25, -0.2) is 4.79 Å². The van der Waals surface area contributed by atoms with E-state index in [2.05, 4.69) is 5.32 Å². The maximum atomic E-state index is 12.0. The molecule has 0 fully saturated rings. The smallest absolute Gasteiger partial charge is 0.328 e. The number of carbonyl (C=O) groups excluding carboxylic acids is 1. The molecule has 1 aromatic carbocycles. The van der Waals surface area contributed by atoms with Crippen LogP contribution in [0, 0.1) is 12.8 Å². The first-order chi connectivity index (χ1) is 9.10. The van der Waals surface area contributed by atoms with Crippen molar-refractivity contribution in [3.05, 3.63) is 29.8 Å². The topological polar surface area (TPSA) is 47.6 Å². The number of hydrogen-bond donors (Lipinski definition) is 1. The van der Waals surface area contributed by atoms with Crippen LogP contribution < -0.4 is 5.32 Å². The SMILES string of the molecule is CCOC(=O)C(Nc1ccccc1C)C(C)COC. The minimum Gasteiger partial charge on any atom is -0.464 e. The van der Waals surface area contributed by atoms with Gasteiger partial charge in [0.05, 0.1) is 13.2 Å². The van der Waals surface area contributed by atoms with E-state index in [-0.39, 0.29) is 11.9 Å². The van der Waals surface area contributed by atoms with Crippen molar-refractivity contribution in [2.75, 3.05) is 25.6 Å². The molecule has 19 heavy (non-hydrogen) atoms. The molecule has 0 aliphatic carbocycles. The standard InChI is InChI=1S/C15H23NO3/c1-5-19-15(17)14(12(3)10-18-4)16-13-9-7-6-8-11(13)2/h6-9,12,14,16H,5,10H2,1-4H3. The number of hydrogen-bond acceptors (Lipinski definition) is 4. The highest BCUT2D eigenvalue weighted by atomic mass is 16.5. The molecule has 4 nitrogen and oxygen atoms in total. The highest BCUT2D eigenvalue weighted by molar-refractivity contribution is 5.80. The van der Waals surface area contributed by atoms with E-state index in [1.54, 1.807) is 7.11 Å². The van der Waals surface area contributed by atoms with Gasteiger partial charge in [-0.05, 0) is 25.5 Å². The Bertz CT molecular complexity index is 406. The zero-order chi connectivity index (χ0) is 14.3. The fraction of sp³-hybridized carbons (Fsp3) is 0.533. The van der Waals surface area contributed by atoms with Gasteiger partial charge in [-0.3, -0.25) is 0 Å². The molecule has 0 saturated carbocycles. The van der Waals surface area contributed by atoms with Crippen molar-refractivity contribution in [3.8, 4) is 0 Å². The lowest BCUT2D eigenvalue weighted by Gasteiger charge is -2.24. The van der Waals surface area contributed by atoms with Gasteiger partial charge < -0.3 is 14.8 Å². The fourth-order valence-corrected chi connectivity index (χ4v) is 1.93. The summed E-state index contributed by atoms with van der Waals surface area (Å²) in [5.41, 5.74) is 2.05. The number of aryl methyl sites for hydroxylation is 1. The van der Waals surface area contributed by atoms with Gasteiger partial charge in [0, 0.05) is 18.7 Å². The average Bonchev–Trinajstić information content (AvgIpc) is 2.38. The molecule has 2 atom stereocenters. The molecule has 0 amide bonds. The van der Waals surface area contributed by atoms with E-state index in [9.17, 15) is 4.79 Å². The Morgan fingerprint density at radius 3 is 2.63 bits per heavy atom. The van der Waals surface area contributed by atoms with Crippen LogP contribution in [0.4, 0.5) is 5.69 Å². The summed E-state index contributed by atoms with van der Waals surface area (Å²) in [6.45, 7) is 6.67. The molecule has 4 heteroatoms. The van der Waals surface area contributed by atoms with E-state index < -0.39 is 6.04 Å². The van der Waals surface area contributed by atoms with Crippen LogP contribution >= 0.6 is 0 Å². The lowest BCUT2D eigenvalue weighted by Crippen LogP contribution is -2.39.